The lowest BCUT2D eigenvalue weighted by Gasteiger charge is -2.08. The van der Waals surface area contributed by atoms with Gasteiger partial charge in [0.1, 0.15) is 12.1 Å². The molecule has 0 aliphatic rings. The van der Waals surface area contributed by atoms with Gasteiger partial charge in [0.25, 0.3) is 0 Å². The average molecular weight is 305 g/mol. The van der Waals surface area contributed by atoms with Crippen molar-refractivity contribution in [3.63, 3.8) is 0 Å². The fourth-order valence-electron chi connectivity index (χ4n) is 2.70. The number of aromatic nitrogens is 4. The van der Waals surface area contributed by atoms with Gasteiger partial charge < -0.3 is 10.3 Å². The van der Waals surface area contributed by atoms with Crippen molar-refractivity contribution in [2.45, 2.75) is 6.54 Å². The second-order valence-electron chi connectivity index (χ2n) is 5.44. The monoisotopic (exact) mass is 305 g/mol. The summed E-state index contributed by atoms with van der Waals surface area (Å²) in [5, 5.41) is 4.23. The summed E-state index contributed by atoms with van der Waals surface area (Å²) in [6, 6.07) is 13.9. The quantitative estimate of drug-likeness (QED) is 0.609. The smallest absolute Gasteiger partial charge is 0.326 e. The zero-order valence-electron chi connectivity index (χ0n) is 12.6. The predicted octanol–water partition coefficient (Wildman–Crippen LogP) is 2.42. The average Bonchev–Trinajstić information content (AvgIpc) is 2.86. The second-order valence-corrected chi connectivity index (χ2v) is 5.44. The summed E-state index contributed by atoms with van der Waals surface area (Å²) in [4.78, 5) is 23.3. The van der Waals surface area contributed by atoms with Crippen LogP contribution in [0.4, 0.5) is 5.82 Å². The minimum Gasteiger partial charge on any atom is -0.365 e. The lowest BCUT2D eigenvalue weighted by atomic mass is 10.2. The standard InChI is InChI=1S/C17H15N5O/c1-22-15-8-13-12(7-14(15)21-17(22)23)16(20-10-19-13)18-9-11-5-3-2-4-6-11/h2-8,10H,9H2,1H3,(H,21,23)(H,18,19,20). The summed E-state index contributed by atoms with van der Waals surface area (Å²) in [5.41, 5.74) is 3.45. The van der Waals surface area contributed by atoms with Crippen LogP contribution in [-0.2, 0) is 13.6 Å². The fourth-order valence-corrected chi connectivity index (χ4v) is 2.70. The van der Waals surface area contributed by atoms with Crippen molar-refractivity contribution in [3.8, 4) is 0 Å². The molecule has 6 heteroatoms. The number of anilines is 1. The van der Waals surface area contributed by atoms with Crippen LogP contribution in [0.3, 0.4) is 0 Å². The van der Waals surface area contributed by atoms with E-state index < -0.39 is 0 Å². The molecule has 2 N–H and O–H groups in total. The molecule has 0 atom stereocenters. The van der Waals surface area contributed by atoms with E-state index in [0.717, 1.165) is 27.8 Å². The maximum absolute atomic E-state index is 11.8. The van der Waals surface area contributed by atoms with Crippen molar-refractivity contribution in [1.82, 2.24) is 19.5 Å². The van der Waals surface area contributed by atoms with E-state index in [4.69, 9.17) is 0 Å². The highest BCUT2D eigenvalue weighted by atomic mass is 16.1. The van der Waals surface area contributed by atoms with Crippen LogP contribution >= 0.6 is 0 Å². The van der Waals surface area contributed by atoms with E-state index >= 15 is 0 Å². The molecule has 0 saturated heterocycles. The number of H-pyrrole nitrogens is 1. The number of rotatable bonds is 3. The van der Waals surface area contributed by atoms with Gasteiger partial charge >= 0.3 is 5.69 Å². The Labute approximate surface area is 131 Å². The van der Waals surface area contributed by atoms with Crippen LogP contribution in [0.25, 0.3) is 21.9 Å². The molecule has 23 heavy (non-hydrogen) atoms. The molecule has 0 aliphatic carbocycles. The molecular weight excluding hydrogens is 290 g/mol. The summed E-state index contributed by atoms with van der Waals surface area (Å²) >= 11 is 0. The number of imidazole rings is 1. The van der Waals surface area contributed by atoms with Gasteiger partial charge in [-0.2, -0.15) is 0 Å². The molecule has 0 amide bonds. The van der Waals surface area contributed by atoms with Gasteiger partial charge in [-0.15, -0.1) is 0 Å². The number of hydrogen-bond donors (Lipinski definition) is 2. The Morgan fingerprint density at radius 1 is 1.17 bits per heavy atom. The zero-order chi connectivity index (χ0) is 15.8. The Morgan fingerprint density at radius 3 is 2.83 bits per heavy atom. The Morgan fingerprint density at radius 2 is 2.00 bits per heavy atom. The molecule has 0 bridgehead atoms. The first-order valence-corrected chi connectivity index (χ1v) is 7.33. The molecule has 4 aromatic rings. The van der Waals surface area contributed by atoms with E-state index in [-0.39, 0.29) is 5.69 Å². The molecule has 2 aromatic carbocycles. The highest BCUT2D eigenvalue weighted by molar-refractivity contribution is 5.98. The van der Waals surface area contributed by atoms with Crippen LogP contribution in [0.1, 0.15) is 5.56 Å². The number of nitrogens with one attached hydrogen (secondary N) is 2. The third-order valence-electron chi connectivity index (χ3n) is 3.96. The van der Waals surface area contributed by atoms with Crippen molar-refractivity contribution in [2.75, 3.05) is 5.32 Å². The zero-order valence-corrected chi connectivity index (χ0v) is 12.6. The van der Waals surface area contributed by atoms with Gasteiger partial charge in [0.15, 0.2) is 0 Å². The Kier molecular flexibility index (Phi) is 3.08. The van der Waals surface area contributed by atoms with Crippen LogP contribution in [0.5, 0.6) is 0 Å². The number of benzene rings is 2. The van der Waals surface area contributed by atoms with Crippen LogP contribution in [-0.4, -0.2) is 19.5 Å². The molecule has 0 saturated carbocycles. The van der Waals surface area contributed by atoms with Crippen LogP contribution in [0.2, 0.25) is 0 Å². The first-order chi connectivity index (χ1) is 11.2. The van der Waals surface area contributed by atoms with Crippen molar-refractivity contribution < 1.29 is 0 Å². The van der Waals surface area contributed by atoms with Crippen LogP contribution in [0, 0.1) is 0 Å². The van der Waals surface area contributed by atoms with Gasteiger partial charge in [-0.1, -0.05) is 30.3 Å². The van der Waals surface area contributed by atoms with E-state index in [0.29, 0.717) is 6.54 Å². The fraction of sp³-hybridized carbons (Fsp3) is 0.118. The van der Waals surface area contributed by atoms with Gasteiger partial charge in [0.2, 0.25) is 0 Å². The van der Waals surface area contributed by atoms with Crippen LogP contribution in [0.15, 0.2) is 53.6 Å². The lowest BCUT2D eigenvalue weighted by molar-refractivity contribution is 0.892. The molecular formula is C17H15N5O. The molecule has 2 heterocycles. The molecule has 0 spiro atoms. The second kappa shape index (κ2) is 5.24. The minimum atomic E-state index is -0.137. The number of hydrogen-bond acceptors (Lipinski definition) is 4. The lowest BCUT2D eigenvalue weighted by Crippen LogP contribution is -2.11. The summed E-state index contributed by atoms with van der Waals surface area (Å²) < 4.78 is 1.58. The molecule has 0 aliphatic heterocycles. The normalized spacial score (nSPS) is 11.2. The Bertz CT molecular complexity index is 1050. The van der Waals surface area contributed by atoms with Crippen molar-refractivity contribution >= 4 is 27.8 Å². The third kappa shape index (κ3) is 2.34. The highest BCUT2D eigenvalue weighted by Gasteiger charge is 2.09. The number of nitrogens with zero attached hydrogens (tertiary/aromatic N) is 3. The van der Waals surface area contributed by atoms with Gasteiger partial charge in [0, 0.05) is 19.0 Å². The number of fused-ring (bicyclic) bond motifs is 2. The van der Waals surface area contributed by atoms with E-state index in [2.05, 4.69) is 32.4 Å². The minimum absolute atomic E-state index is 0.137. The van der Waals surface area contributed by atoms with Gasteiger partial charge in [0.05, 0.1) is 16.6 Å². The molecule has 6 nitrogen and oxygen atoms in total. The Balaban J connectivity index is 1.79. The highest BCUT2D eigenvalue weighted by Crippen LogP contribution is 2.24. The Hall–Kier alpha value is -3.15. The maximum Gasteiger partial charge on any atom is 0.326 e. The van der Waals surface area contributed by atoms with Crippen molar-refractivity contribution in [2.24, 2.45) is 7.05 Å². The summed E-state index contributed by atoms with van der Waals surface area (Å²) in [6.45, 7) is 0.677. The van der Waals surface area contributed by atoms with Gasteiger partial charge in [-0.25, -0.2) is 14.8 Å². The number of aryl methyl sites for hydroxylation is 1. The summed E-state index contributed by atoms with van der Waals surface area (Å²) in [6.07, 6.45) is 1.53. The van der Waals surface area contributed by atoms with E-state index in [1.54, 1.807) is 11.6 Å². The van der Waals surface area contributed by atoms with Crippen LogP contribution < -0.4 is 11.0 Å². The van der Waals surface area contributed by atoms with Gasteiger partial charge in [-0.3, -0.25) is 4.57 Å². The van der Waals surface area contributed by atoms with Crippen molar-refractivity contribution in [3.05, 3.63) is 64.8 Å². The molecule has 2 aromatic heterocycles. The third-order valence-corrected chi connectivity index (χ3v) is 3.96. The van der Waals surface area contributed by atoms with Gasteiger partial charge in [-0.05, 0) is 17.7 Å². The molecule has 4 rings (SSSR count). The molecule has 0 radical (unpaired) electrons. The first kappa shape index (κ1) is 13.5. The van der Waals surface area contributed by atoms with E-state index in [1.165, 1.54) is 11.9 Å². The summed E-state index contributed by atoms with van der Waals surface area (Å²) in [5.74, 6) is 0.755. The topological polar surface area (TPSA) is 75.6 Å². The van der Waals surface area contributed by atoms with E-state index in [1.807, 2.05) is 30.3 Å². The molecule has 0 unspecified atom stereocenters. The molecule has 0 fully saturated rings. The summed E-state index contributed by atoms with van der Waals surface area (Å²) in [7, 11) is 1.74. The van der Waals surface area contributed by atoms with E-state index in [9.17, 15) is 4.79 Å². The predicted molar refractivity (Wildman–Crippen MR) is 90.4 cm³/mol. The molecule has 114 valence electrons. The first-order valence-electron chi connectivity index (χ1n) is 7.33. The largest absolute Gasteiger partial charge is 0.365 e. The van der Waals surface area contributed by atoms with Crippen molar-refractivity contribution in [1.29, 1.82) is 0 Å². The number of aromatic amines is 1. The SMILES string of the molecule is Cn1c(=O)[nH]c2cc3c(NCc4ccccc4)ncnc3cc21. The maximum atomic E-state index is 11.8.